The second-order valence-electron chi connectivity index (χ2n) is 4.92. The zero-order chi connectivity index (χ0) is 14.1. The molecule has 3 rings (SSSR count). The van der Waals surface area contributed by atoms with Gasteiger partial charge in [-0.05, 0) is 48.0 Å². The molecular formula is C17H15NO2. The molecule has 0 radical (unpaired) electrons. The standard InChI is InChI=1S/C17H15NO2/c1-18-10-9-11-3-2-4-14-13(11)7-5-12-6-8-15(19)17(20)16(12)14/h2-8,18H,9-10H2,1H3. The molecule has 3 nitrogen and oxygen atoms in total. The molecule has 2 aromatic carbocycles. The number of carbonyl (C=O) groups excluding carboxylic acids is 2. The van der Waals surface area contributed by atoms with Gasteiger partial charge in [-0.15, -0.1) is 0 Å². The normalized spacial score (nSPS) is 13.8. The Hall–Kier alpha value is -2.26. The number of fused-ring (bicyclic) bond motifs is 3. The van der Waals surface area contributed by atoms with Gasteiger partial charge in [0.1, 0.15) is 0 Å². The van der Waals surface area contributed by atoms with Gasteiger partial charge in [0.15, 0.2) is 0 Å². The van der Waals surface area contributed by atoms with Crippen LogP contribution in [0.1, 0.15) is 21.5 Å². The number of likely N-dealkylation sites (N-methyl/N-ethyl adjacent to an activating group) is 1. The Bertz CT molecular complexity index is 744. The Labute approximate surface area is 117 Å². The molecule has 0 aliphatic heterocycles. The van der Waals surface area contributed by atoms with Gasteiger partial charge in [-0.25, -0.2) is 0 Å². The smallest absolute Gasteiger partial charge is 0.234 e. The third-order valence-corrected chi connectivity index (χ3v) is 3.69. The molecule has 3 heteroatoms. The summed E-state index contributed by atoms with van der Waals surface area (Å²) in [4.78, 5) is 23.8. The van der Waals surface area contributed by atoms with Crippen LogP contribution in [-0.4, -0.2) is 25.2 Å². The molecule has 0 saturated carbocycles. The van der Waals surface area contributed by atoms with Gasteiger partial charge in [-0.1, -0.05) is 36.4 Å². The van der Waals surface area contributed by atoms with Gasteiger partial charge in [0.2, 0.25) is 11.6 Å². The highest BCUT2D eigenvalue weighted by atomic mass is 16.2. The highest BCUT2D eigenvalue weighted by molar-refractivity contribution is 6.51. The van der Waals surface area contributed by atoms with Crippen molar-refractivity contribution in [3.05, 3.63) is 53.1 Å². The Kier molecular flexibility index (Phi) is 3.20. The third-order valence-electron chi connectivity index (χ3n) is 3.69. The number of nitrogens with one attached hydrogen (secondary N) is 1. The molecule has 0 spiro atoms. The van der Waals surface area contributed by atoms with E-state index >= 15 is 0 Å². The fourth-order valence-electron chi connectivity index (χ4n) is 2.67. The predicted molar refractivity (Wildman–Crippen MR) is 80.0 cm³/mol. The third kappa shape index (κ3) is 1.96. The molecule has 0 amide bonds. The number of ketones is 2. The van der Waals surface area contributed by atoms with Crippen LogP contribution in [-0.2, 0) is 11.2 Å². The number of rotatable bonds is 3. The van der Waals surface area contributed by atoms with Gasteiger partial charge in [-0.2, -0.15) is 0 Å². The number of Topliss-reactive ketones (excluding diaryl/α,β-unsaturated/α-hetero) is 1. The highest BCUT2D eigenvalue weighted by Gasteiger charge is 2.23. The van der Waals surface area contributed by atoms with Crippen molar-refractivity contribution in [1.82, 2.24) is 5.32 Å². The van der Waals surface area contributed by atoms with Crippen molar-refractivity contribution in [2.45, 2.75) is 6.42 Å². The van der Waals surface area contributed by atoms with Gasteiger partial charge in [0, 0.05) is 5.56 Å². The summed E-state index contributed by atoms with van der Waals surface area (Å²) in [5.74, 6) is -0.843. The van der Waals surface area contributed by atoms with E-state index < -0.39 is 11.6 Å². The topological polar surface area (TPSA) is 46.2 Å². The van der Waals surface area contributed by atoms with Crippen LogP contribution < -0.4 is 5.32 Å². The van der Waals surface area contributed by atoms with Crippen LogP contribution in [0.25, 0.3) is 16.8 Å². The lowest BCUT2D eigenvalue weighted by molar-refractivity contribution is -0.110. The summed E-state index contributed by atoms with van der Waals surface area (Å²) in [5.41, 5.74) is 2.56. The Morgan fingerprint density at radius 1 is 1.00 bits per heavy atom. The van der Waals surface area contributed by atoms with Crippen LogP contribution in [0.2, 0.25) is 0 Å². The minimum Gasteiger partial charge on any atom is -0.319 e. The van der Waals surface area contributed by atoms with Crippen molar-refractivity contribution >= 4 is 28.4 Å². The maximum absolute atomic E-state index is 12.1. The summed E-state index contributed by atoms with van der Waals surface area (Å²) in [6.45, 7) is 0.878. The van der Waals surface area contributed by atoms with Crippen LogP contribution in [0, 0.1) is 0 Å². The minimum atomic E-state index is -0.439. The van der Waals surface area contributed by atoms with E-state index in [1.165, 1.54) is 11.6 Å². The van der Waals surface area contributed by atoms with Crippen molar-refractivity contribution < 1.29 is 9.59 Å². The molecule has 1 aliphatic carbocycles. The van der Waals surface area contributed by atoms with Crippen LogP contribution in [0.4, 0.5) is 0 Å². The summed E-state index contributed by atoms with van der Waals surface area (Å²) in [5, 5.41) is 5.05. The van der Waals surface area contributed by atoms with E-state index in [0.29, 0.717) is 5.56 Å². The van der Waals surface area contributed by atoms with E-state index in [4.69, 9.17) is 0 Å². The lowest BCUT2D eigenvalue weighted by atomic mass is 9.88. The van der Waals surface area contributed by atoms with E-state index in [-0.39, 0.29) is 0 Å². The second-order valence-corrected chi connectivity index (χ2v) is 4.92. The monoisotopic (exact) mass is 265 g/mol. The lowest BCUT2D eigenvalue weighted by Gasteiger charge is -2.14. The molecule has 0 atom stereocenters. The van der Waals surface area contributed by atoms with Crippen LogP contribution in [0.3, 0.4) is 0 Å². The van der Waals surface area contributed by atoms with Gasteiger partial charge in [-0.3, -0.25) is 9.59 Å². The van der Waals surface area contributed by atoms with Crippen LogP contribution in [0.5, 0.6) is 0 Å². The zero-order valence-corrected chi connectivity index (χ0v) is 11.3. The molecule has 1 aliphatic rings. The van der Waals surface area contributed by atoms with Crippen molar-refractivity contribution in [2.75, 3.05) is 13.6 Å². The first kappa shape index (κ1) is 12.8. The largest absolute Gasteiger partial charge is 0.319 e. The Morgan fingerprint density at radius 3 is 2.65 bits per heavy atom. The predicted octanol–water partition coefficient (Wildman–Crippen LogP) is 2.38. The Balaban J connectivity index is 2.24. The van der Waals surface area contributed by atoms with E-state index in [0.717, 1.165) is 29.3 Å². The summed E-state index contributed by atoms with van der Waals surface area (Å²) < 4.78 is 0. The van der Waals surface area contributed by atoms with Gasteiger partial charge in [0.25, 0.3) is 0 Å². The minimum absolute atomic E-state index is 0.404. The zero-order valence-electron chi connectivity index (χ0n) is 11.3. The molecule has 1 N–H and O–H groups in total. The first-order chi connectivity index (χ1) is 9.72. The average Bonchev–Trinajstić information content (AvgIpc) is 2.48. The van der Waals surface area contributed by atoms with Crippen LogP contribution >= 0.6 is 0 Å². The van der Waals surface area contributed by atoms with E-state index in [1.54, 1.807) is 6.08 Å². The number of allylic oxidation sites excluding steroid dienone is 1. The molecule has 0 unspecified atom stereocenters. The van der Waals surface area contributed by atoms with Crippen molar-refractivity contribution in [3.63, 3.8) is 0 Å². The molecule has 20 heavy (non-hydrogen) atoms. The van der Waals surface area contributed by atoms with E-state index in [2.05, 4.69) is 11.4 Å². The first-order valence-electron chi connectivity index (χ1n) is 6.68. The molecule has 0 aromatic heterocycles. The summed E-state index contributed by atoms with van der Waals surface area (Å²) in [6.07, 6.45) is 3.96. The van der Waals surface area contributed by atoms with Crippen molar-refractivity contribution in [3.8, 4) is 0 Å². The fourth-order valence-corrected chi connectivity index (χ4v) is 2.67. The number of benzene rings is 2. The molecule has 0 heterocycles. The maximum Gasteiger partial charge on any atom is 0.234 e. The summed E-state index contributed by atoms with van der Waals surface area (Å²) in [7, 11) is 1.92. The van der Waals surface area contributed by atoms with Gasteiger partial charge < -0.3 is 5.32 Å². The Morgan fingerprint density at radius 2 is 1.85 bits per heavy atom. The van der Waals surface area contributed by atoms with Crippen molar-refractivity contribution in [2.24, 2.45) is 0 Å². The number of carbonyl (C=O) groups is 2. The number of hydrogen-bond donors (Lipinski definition) is 1. The molecule has 100 valence electrons. The summed E-state index contributed by atoms with van der Waals surface area (Å²) >= 11 is 0. The van der Waals surface area contributed by atoms with Gasteiger partial charge >= 0.3 is 0 Å². The molecule has 0 bridgehead atoms. The average molecular weight is 265 g/mol. The van der Waals surface area contributed by atoms with E-state index in [1.807, 2.05) is 31.3 Å². The summed E-state index contributed by atoms with van der Waals surface area (Å²) in [6, 6.07) is 9.88. The van der Waals surface area contributed by atoms with Gasteiger partial charge in [0.05, 0.1) is 0 Å². The van der Waals surface area contributed by atoms with Crippen LogP contribution in [0.15, 0.2) is 36.4 Å². The number of hydrogen-bond acceptors (Lipinski definition) is 3. The molecule has 0 saturated heterocycles. The highest BCUT2D eigenvalue weighted by Crippen LogP contribution is 2.29. The maximum atomic E-state index is 12.1. The van der Waals surface area contributed by atoms with Crippen molar-refractivity contribution in [1.29, 1.82) is 0 Å². The molecule has 0 fully saturated rings. The lowest BCUT2D eigenvalue weighted by Crippen LogP contribution is -2.17. The quantitative estimate of drug-likeness (QED) is 0.867. The molecule has 2 aromatic rings. The SMILES string of the molecule is CNCCc1cccc2c3c(ccc12)C=CC(=O)C3=O. The van der Waals surface area contributed by atoms with E-state index in [9.17, 15) is 9.59 Å². The fraction of sp³-hybridized carbons (Fsp3) is 0.176. The molecular weight excluding hydrogens is 250 g/mol. The first-order valence-corrected chi connectivity index (χ1v) is 6.68. The second kappa shape index (κ2) is 5.02.